The van der Waals surface area contributed by atoms with Crippen molar-refractivity contribution < 1.29 is 158 Å². The maximum atomic E-state index is 15.2. The third-order valence-electron chi connectivity index (χ3n) is 10.8. The topological polar surface area (TPSA) is 0 Å². The molecule has 4 rings (SSSR count). The molecule has 0 bridgehead atoms. The van der Waals surface area contributed by atoms with Crippen molar-refractivity contribution in [1.82, 2.24) is 0 Å². The summed E-state index contributed by atoms with van der Waals surface area (Å²) >= 11 is 0. The van der Waals surface area contributed by atoms with Crippen LogP contribution in [0.2, 0.25) is 0 Å². The van der Waals surface area contributed by atoms with E-state index in [2.05, 4.69) is 0 Å². The van der Waals surface area contributed by atoms with Crippen molar-refractivity contribution in [2.45, 2.75) is 99.3 Å². The molecule has 0 aliphatic rings. The third kappa shape index (κ3) is 13.2. The highest BCUT2D eigenvalue weighted by molar-refractivity contribution is 7.77. The summed E-state index contributed by atoms with van der Waals surface area (Å²) in [6.45, 7) is -0.738. The normalized spacial score (nSPS) is 15.4. The molecule has 0 nitrogen and oxygen atoms in total. The Balaban J connectivity index is 2.62. The van der Waals surface area contributed by atoms with Gasteiger partial charge in [0.05, 0.1) is 66.8 Å². The summed E-state index contributed by atoms with van der Waals surface area (Å²) in [6, 6.07) is -8.90. The maximum absolute atomic E-state index is 15.2. The van der Waals surface area contributed by atoms with Crippen LogP contribution in [-0.4, -0.2) is 11.3 Å². The van der Waals surface area contributed by atoms with Gasteiger partial charge in [-0.2, -0.15) is 158 Å². The Morgan fingerprint density at radius 3 is 0.436 bits per heavy atom. The molecule has 2 unspecified atom stereocenters. The Kier molecular flexibility index (Phi) is 16.9. The summed E-state index contributed by atoms with van der Waals surface area (Å²) in [5, 5.41) is -12.0. The molecule has 0 radical (unpaired) electrons. The van der Waals surface area contributed by atoms with Gasteiger partial charge in [-0.05, 0) is 72.6 Å². The monoisotopic (exact) mass is 1240 g/mol. The van der Waals surface area contributed by atoms with Crippen LogP contribution in [0, 0.1) is 0 Å². The minimum atomic E-state index is -7.29. The Bertz CT molecular complexity index is 2480. The van der Waals surface area contributed by atoms with Gasteiger partial charge in [-0.3, -0.25) is 0 Å². The second-order valence-electron chi connectivity index (χ2n) is 15.7. The summed E-state index contributed by atoms with van der Waals surface area (Å²) in [5.74, 6) is 0. The fourth-order valence-electron chi connectivity index (χ4n) is 8.01. The Labute approximate surface area is 409 Å². The van der Waals surface area contributed by atoms with Gasteiger partial charge in [-0.15, -0.1) is 0 Å². The molecule has 0 spiro atoms. The van der Waals surface area contributed by atoms with Gasteiger partial charge in [0.25, 0.3) is 0 Å². The fourth-order valence-corrected chi connectivity index (χ4v) is 14.8. The molecule has 0 saturated heterocycles. The molecule has 4 aromatic rings. The SMILES string of the molecule is CC(C(C)P(c1ccc(C(F)(F)F)c(C(F)(F)F)c1C(F)(F)F)c1ccc(C(F)(F)F)c(C(F)(F)F)c1C(F)(F)F)P(c1ccc(C(F)(F)F)c(C(F)(F)F)c1C(F)(F)F)c1ccc(C(F)(F)F)c(C(F)(F)F)c1C(F)(F)F. The number of hydrogen-bond donors (Lipinski definition) is 0. The standard InChI is InChI=1S/C40H16F36P2/c1-11(77(17-7-3-13(29(41,42)43)21(33(53,54)55)25(17)37(65,66)67)18-8-4-14(30(44,45)46)22(34(56,57)58)26(18)38(68,69)70)12(2)78(19-9-5-15(31(47,48)49)23(35(59,60)61)27(19)39(71,72)73)20-10-6-16(32(50,51)52)24(36(62,63)64)28(20)40(74,75)76/h3-12H,1-2H3. The average molecular weight is 1240 g/mol. The van der Waals surface area contributed by atoms with E-state index in [4.69, 9.17) is 0 Å². The minimum absolute atomic E-state index is 0.369. The number of rotatable bonds is 7. The number of halogens is 36. The van der Waals surface area contributed by atoms with E-state index in [1.165, 1.54) is 0 Å². The van der Waals surface area contributed by atoms with Crippen molar-refractivity contribution in [1.29, 1.82) is 0 Å². The van der Waals surface area contributed by atoms with Crippen LogP contribution < -0.4 is 21.2 Å². The van der Waals surface area contributed by atoms with E-state index in [0.717, 1.165) is 0 Å². The van der Waals surface area contributed by atoms with Crippen molar-refractivity contribution in [3.63, 3.8) is 0 Å². The zero-order chi connectivity index (χ0) is 61.2. The van der Waals surface area contributed by atoms with Crippen LogP contribution in [-0.2, 0) is 74.1 Å². The van der Waals surface area contributed by atoms with Crippen LogP contribution in [0.5, 0.6) is 0 Å². The summed E-state index contributed by atoms with van der Waals surface area (Å²) in [6.07, 6.45) is -85.0. The van der Waals surface area contributed by atoms with E-state index < -0.39 is 238 Å². The molecular formula is C40H16F36P2. The second-order valence-corrected chi connectivity index (χ2v) is 20.8. The van der Waals surface area contributed by atoms with Gasteiger partial charge in [0.1, 0.15) is 0 Å². The first kappa shape index (κ1) is 65.7. The van der Waals surface area contributed by atoms with E-state index in [0.29, 0.717) is 0 Å². The number of benzene rings is 4. The highest BCUT2D eigenvalue weighted by Gasteiger charge is 2.59. The first-order valence-corrected chi connectivity index (χ1v) is 22.2. The molecule has 0 aliphatic carbocycles. The molecule has 4 aromatic carbocycles. The maximum Gasteiger partial charge on any atom is 0.417 e. The lowest BCUT2D eigenvalue weighted by atomic mass is 9.99. The molecule has 0 heterocycles. The molecule has 0 fully saturated rings. The van der Waals surface area contributed by atoms with Gasteiger partial charge in [-0.1, -0.05) is 38.1 Å². The number of alkyl halides is 36. The van der Waals surface area contributed by atoms with E-state index in [1.54, 1.807) is 0 Å². The van der Waals surface area contributed by atoms with Gasteiger partial charge < -0.3 is 0 Å². The zero-order valence-corrected chi connectivity index (χ0v) is 38.1. The van der Waals surface area contributed by atoms with Crippen LogP contribution in [0.15, 0.2) is 48.5 Å². The largest absolute Gasteiger partial charge is 0.417 e. The molecule has 0 saturated carbocycles. The molecule has 38 heteroatoms. The van der Waals surface area contributed by atoms with E-state index in [9.17, 15) is 105 Å². The summed E-state index contributed by atoms with van der Waals surface area (Å²) in [7, 11) is -11.1. The van der Waals surface area contributed by atoms with Crippen molar-refractivity contribution >= 4 is 37.1 Å². The van der Waals surface area contributed by atoms with Crippen molar-refractivity contribution in [2.75, 3.05) is 0 Å². The van der Waals surface area contributed by atoms with Crippen molar-refractivity contribution in [2.24, 2.45) is 0 Å². The smallest absolute Gasteiger partial charge is 0.166 e. The molecule has 78 heavy (non-hydrogen) atoms. The summed E-state index contributed by atoms with van der Waals surface area (Å²) < 4.78 is 527. The van der Waals surface area contributed by atoms with Crippen LogP contribution in [0.1, 0.15) is 80.6 Å². The Morgan fingerprint density at radius 1 is 0.205 bits per heavy atom. The highest BCUT2D eigenvalue weighted by Crippen LogP contribution is 2.61. The first-order chi connectivity index (χ1) is 34.2. The Hall–Kier alpha value is -4.78. The van der Waals surface area contributed by atoms with Gasteiger partial charge in [0, 0.05) is 0 Å². The fraction of sp³-hybridized carbons (Fsp3) is 0.400. The van der Waals surface area contributed by atoms with Gasteiger partial charge in [0.2, 0.25) is 0 Å². The predicted molar refractivity (Wildman–Crippen MR) is 197 cm³/mol. The zero-order valence-electron chi connectivity index (χ0n) is 36.3. The van der Waals surface area contributed by atoms with Gasteiger partial charge >= 0.3 is 74.1 Å². The van der Waals surface area contributed by atoms with E-state index in [-0.39, 0.29) is 13.8 Å². The predicted octanol–water partition coefficient (Wildman–Crippen LogP) is 18.3. The van der Waals surface area contributed by atoms with Crippen LogP contribution in [0.25, 0.3) is 0 Å². The molecule has 0 aliphatic heterocycles. The van der Waals surface area contributed by atoms with Crippen LogP contribution >= 0.6 is 15.8 Å². The average Bonchev–Trinajstić information content (AvgIpc) is 3.18. The van der Waals surface area contributed by atoms with Gasteiger partial charge in [0.15, 0.2) is 0 Å². The molecule has 0 aromatic heterocycles. The van der Waals surface area contributed by atoms with Crippen molar-refractivity contribution in [3.8, 4) is 0 Å². The molecule has 438 valence electrons. The number of hydrogen-bond acceptors (Lipinski definition) is 0. The van der Waals surface area contributed by atoms with Crippen molar-refractivity contribution in [3.05, 3.63) is 115 Å². The van der Waals surface area contributed by atoms with Crippen LogP contribution in [0.3, 0.4) is 0 Å². The quantitative estimate of drug-likeness (QED) is 0.128. The molecule has 2 atom stereocenters. The molecule has 0 N–H and O–H groups in total. The highest BCUT2D eigenvalue weighted by atomic mass is 31.1. The lowest BCUT2D eigenvalue weighted by Crippen LogP contribution is -2.41. The lowest BCUT2D eigenvalue weighted by Gasteiger charge is -2.40. The van der Waals surface area contributed by atoms with E-state index >= 15 is 52.7 Å². The van der Waals surface area contributed by atoms with E-state index in [1.807, 2.05) is 0 Å². The molecular weight excluding hydrogens is 1230 g/mol. The molecule has 0 amide bonds. The Morgan fingerprint density at radius 2 is 0.333 bits per heavy atom. The lowest BCUT2D eigenvalue weighted by molar-refractivity contribution is -0.174. The van der Waals surface area contributed by atoms with Crippen LogP contribution in [0.4, 0.5) is 158 Å². The second kappa shape index (κ2) is 20.0. The summed E-state index contributed by atoms with van der Waals surface area (Å²) in [4.78, 5) is 0. The third-order valence-corrected chi connectivity index (χ3v) is 17.1. The first-order valence-electron chi connectivity index (χ1n) is 19.3. The minimum Gasteiger partial charge on any atom is -0.166 e. The summed E-state index contributed by atoms with van der Waals surface area (Å²) in [5.41, 5.74) is -54.5. The van der Waals surface area contributed by atoms with Gasteiger partial charge in [-0.25, -0.2) is 0 Å².